The Balaban J connectivity index is 1.46. The average Bonchev–Trinajstić information content (AvgIpc) is 2.79. The molecule has 0 saturated carbocycles. The number of carbonyl (C=O) groups is 1. The zero-order chi connectivity index (χ0) is 21.8. The SMILES string of the molecule is O=C(OCc1ccccc1)N1CC=C(c2cc(F)c(-c3ncccc3F)c(F)c2)CC1. The number of nitrogens with zero attached hydrogens (tertiary/aromatic N) is 2. The largest absolute Gasteiger partial charge is 0.445 e. The summed E-state index contributed by atoms with van der Waals surface area (Å²) >= 11 is 0. The Hall–Kier alpha value is -3.61. The van der Waals surface area contributed by atoms with Crippen molar-refractivity contribution in [3.05, 3.63) is 95.4 Å². The molecule has 1 amide bonds. The number of amides is 1. The fourth-order valence-corrected chi connectivity index (χ4v) is 3.46. The van der Waals surface area contributed by atoms with Gasteiger partial charge in [0.05, 0.1) is 5.56 Å². The predicted molar refractivity (Wildman–Crippen MR) is 110 cm³/mol. The Labute approximate surface area is 177 Å². The summed E-state index contributed by atoms with van der Waals surface area (Å²) in [6, 6.07) is 14.1. The van der Waals surface area contributed by atoms with Crippen LogP contribution in [0.2, 0.25) is 0 Å². The Morgan fingerprint density at radius 2 is 1.74 bits per heavy atom. The van der Waals surface area contributed by atoms with Crippen LogP contribution in [0.1, 0.15) is 17.5 Å². The fourth-order valence-electron chi connectivity index (χ4n) is 3.46. The van der Waals surface area contributed by atoms with Gasteiger partial charge in [-0.1, -0.05) is 36.4 Å². The maximum Gasteiger partial charge on any atom is 0.410 e. The molecule has 31 heavy (non-hydrogen) atoms. The molecule has 2 heterocycles. The lowest BCUT2D eigenvalue weighted by Gasteiger charge is -2.26. The minimum absolute atomic E-state index is 0.175. The van der Waals surface area contributed by atoms with Crippen molar-refractivity contribution in [2.45, 2.75) is 13.0 Å². The van der Waals surface area contributed by atoms with Crippen LogP contribution in [0, 0.1) is 17.5 Å². The second kappa shape index (κ2) is 9.04. The summed E-state index contributed by atoms with van der Waals surface area (Å²) in [6.07, 6.45) is 2.98. The molecule has 3 aromatic rings. The van der Waals surface area contributed by atoms with E-state index in [0.29, 0.717) is 24.1 Å². The van der Waals surface area contributed by atoms with Gasteiger partial charge in [0.15, 0.2) is 0 Å². The van der Waals surface area contributed by atoms with Crippen LogP contribution in [0.3, 0.4) is 0 Å². The van der Waals surface area contributed by atoms with Crippen molar-refractivity contribution in [1.82, 2.24) is 9.88 Å². The molecule has 0 fully saturated rings. The highest BCUT2D eigenvalue weighted by molar-refractivity contribution is 5.74. The number of hydrogen-bond donors (Lipinski definition) is 0. The molecule has 7 heteroatoms. The first-order chi connectivity index (χ1) is 15.0. The van der Waals surface area contributed by atoms with E-state index in [1.165, 1.54) is 29.3 Å². The molecule has 0 atom stereocenters. The van der Waals surface area contributed by atoms with Crippen molar-refractivity contribution in [2.24, 2.45) is 0 Å². The first-order valence-corrected chi connectivity index (χ1v) is 9.78. The molecule has 0 saturated heterocycles. The number of aromatic nitrogens is 1. The number of ether oxygens (including phenoxy) is 1. The highest BCUT2D eigenvalue weighted by atomic mass is 19.1. The summed E-state index contributed by atoms with van der Waals surface area (Å²) in [5, 5.41) is 0. The van der Waals surface area contributed by atoms with Crippen molar-refractivity contribution in [3.8, 4) is 11.3 Å². The average molecular weight is 424 g/mol. The molecule has 0 spiro atoms. The zero-order valence-electron chi connectivity index (χ0n) is 16.5. The van der Waals surface area contributed by atoms with E-state index >= 15 is 0 Å². The molecule has 2 aromatic carbocycles. The molecule has 0 N–H and O–H groups in total. The second-order valence-electron chi connectivity index (χ2n) is 7.11. The van der Waals surface area contributed by atoms with Gasteiger partial charge in [-0.2, -0.15) is 0 Å². The Morgan fingerprint density at radius 1 is 1.00 bits per heavy atom. The maximum atomic E-state index is 14.6. The summed E-state index contributed by atoms with van der Waals surface area (Å²) in [6.45, 7) is 0.802. The first-order valence-electron chi connectivity index (χ1n) is 9.78. The normalized spacial score (nSPS) is 13.6. The Morgan fingerprint density at radius 3 is 2.39 bits per heavy atom. The van der Waals surface area contributed by atoms with E-state index in [2.05, 4.69) is 4.98 Å². The van der Waals surface area contributed by atoms with Crippen LogP contribution in [0.25, 0.3) is 16.8 Å². The van der Waals surface area contributed by atoms with E-state index in [1.807, 2.05) is 30.3 Å². The molecular weight excluding hydrogens is 405 g/mol. The third kappa shape index (κ3) is 4.60. The van der Waals surface area contributed by atoms with Crippen molar-refractivity contribution in [3.63, 3.8) is 0 Å². The van der Waals surface area contributed by atoms with Gasteiger partial charge in [-0.25, -0.2) is 18.0 Å². The van der Waals surface area contributed by atoms with Gasteiger partial charge in [-0.05, 0) is 47.4 Å². The lowest BCUT2D eigenvalue weighted by molar-refractivity contribution is 0.0998. The number of halogens is 3. The van der Waals surface area contributed by atoms with E-state index in [1.54, 1.807) is 6.08 Å². The van der Waals surface area contributed by atoms with Crippen LogP contribution in [-0.4, -0.2) is 29.1 Å². The minimum Gasteiger partial charge on any atom is -0.445 e. The summed E-state index contributed by atoms with van der Waals surface area (Å²) in [5.41, 5.74) is 1.09. The van der Waals surface area contributed by atoms with Crippen molar-refractivity contribution in [2.75, 3.05) is 13.1 Å². The van der Waals surface area contributed by atoms with Crippen LogP contribution in [-0.2, 0) is 11.3 Å². The molecule has 1 aliphatic heterocycles. The van der Waals surface area contributed by atoms with Gasteiger partial charge in [0.1, 0.15) is 29.8 Å². The number of rotatable bonds is 4. The van der Waals surface area contributed by atoms with Gasteiger partial charge < -0.3 is 9.64 Å². The summed E-state index contributed by atoms with van der Waals surface area (Å²) < 4.78 is 48.5. The van der Waals surface area contributed by atoms with E-state index in [9.17, 15) is 18.0 Å². The predicted octanol–water partition coefficient (Wildman–Crippen LogP) is 5.59. The third-order valence-corrected chi connectivity index (χ3v) is 5.08. The lowest BCUT2D eigenvalue weighted by atomic mass is 9.97. The van der Waals surface area contributed by atoms with Gasteiger partial charge in [0.25, 0.3) is 0 Å². The highest BCUT2D eigenvalue weighted by Crippen LogP contribution is 2.31. The van der Waals surface area contributed by atoms with Crippen LogP contribution in [0.15, 0.2) is 66.9 Å². The van der Waals surface area contributed by atoms with Crippen molar-refractivity contribution >= 4 is 11.7 Å². The van der Waals surface area contributed by atoms with Crippen LogP contribution < -0.4 is 0 Å². The standard InChI is InChI=1S/C24H19F3N2O2/c25-19-7-4-10-28-23(19)22-20(26)13-18(14-21(22)27)17-8-11-29(12-9-17)24(30)31-15-16-5-2-1-3-6-16/h1-8,10,13-14H,9,11-12,15H2. The van der Waals surface area contributed by atoms with Gasteiger partial charge >= 0.3 is 6.09 Å². The topological polar surface area (TPSA) is 42.4 Å². The molecule has 4 nitrogen and oxygen atoms in total. The van der Waals surface area contributed by atoms with Gasteiger partial charge in [0, 0.05) is 19.3 Å². The molecule has 0 bridgehead atoms. The van der Waals surface area contributed by atoms with Crippen LogP contribution in [0.5, 0.6) is 0 Å². The lowest BCUT2D eigenvalue weighted by Crippen LogP contribution is -2.35. The smallest absolute Gasteiger partial charge is 0.410 e. The van der Waals surface area contributed by atoms with E-state index < -0.39 is 29.1 Å². The number of carbonyl (C=O) groups excluding carboxylic acids is 1. The van der Waals surface area contributed by atoms with Crippen LogP contribution >= 0.6 is 0 Å². The summed E-state index contributed by atoms with van der Waals surface area (Å²) in [5.74, 6) is -2.58. The molecule has 1 aromatic heterocycles. The van der Waals surface area contributed by atoms with E-state index in [0.717, 1.165) is 11.6 Å². The molecule has 0 aliphatic carbocycles. The minimum atomic E-state index is -0.891. The number of pyridine rings is 1. The molecule has 4 rings (SSSR count). The summed E-state index contributed by atoms with van der Waals surface area (Å²) in [7, 11) is 0. The number of benzene rings is 2. The van der Waals surface area contributed by atoms with Gasteiger partial charge in [-0.15, -0.1) is 0 Å². The fraction of sp³-hybridized carbons (Fsp3) is 0.167. The number of hydrogen-bond acceptors (Lipinski definition) is 3. The second-order valence-corrected chi connectivity index (χ2v) is 7.11. The molecule has 0 radical (unpaired) electrons. The van der Waals surface area contributed by atoms with E-state index in [-0.39, 0.29) is 18.8 Å². The summed E-state index contributed by atoms with van der Waals surface area (Å²) in [4.78, 5) is 17.5. The van der Waals surface area contributed by atoms with E-state index in [4.69, 9.17) is 4.74 Å². The molecule has 0 unspecified atom stereocenters. The zero-order valence-corrected chi connectivity index (χ0v) is 16.5. The molecule has 1 aliphatic rings. The highest BCUT2D eigenvalue weighted by Gasteiger charge is 2.22. The first kappa shape index (κ1) is 20.7. The molecule has 158 valence electrons. The van der Waals surface area contributed by atoms with Gasteiger partial charge in [-0.3, -0.25) is 4.98 Å². The molecular formula is C24H19F3N2O2. The van der Waals surface area contributed by atoms with Crippen molar-refractivity contribution < 1.29 is 22.7 Å². The van der Waals surface area contributed by atoms with Crippen LogP contribution in [0.4, 0.5) is 18.0 Å². The maximum absolute atomic E-state index is 14.6. The van der Waals surface area contributed by atoms with Crippen molar-refractivity contribution in [1.29, 1.82) is 0 Å². The third-order valence-electron chi connectivity index (χ3n) is 5.08. The Bertz CT molecular complexity index is 1110. The monoisotopic (exact) mass is 424 g/mol. The quantitative estimate of drug-likeness (QED) is 0.548. The van der Waals surface area contributed by atoms with Gasteiger partial charge in [0.2, 0.25) is 0 Å². The Kier molecular flexibility index (Phi) is 6.02.